The minimum atomic E-state index is -2.72. The van der Waals surface area contributed by atoms with Crippen molar-refractivity contribution in [3.8, 4) is 0 Å². The van der Waals surface area contributed by atoms with Crippen LogP contribution in [0.15, 0.2) is 91.0 Å². The number of aliphatic hydroxyl groups excluding tert-OH is 1. The number of hydrogen-bond donors (Lipinski definition) is 1. The molecule has 180 valence electrons. The quantitative estimate of drug-likeness (QED) is 0.404. The van der Waals surface area contributed by atoms with E-state index in [1.165, 1.54) is 22.1 Å². The fourth-order valence-electron chi connectivity index (χ4n) is 4.79. The molecule has 0 aliphatic rings. The molecular formula is C29H36O3SSi. The first-order chi connectivity index (χ1) is 16.2. The molecule has 0 bridgehead atoms. The SMILES string of the molecule is CSC(=O)[C@@H]([C@@H](C)CO[Si](c1ccccc1)(c1ccccc1)C(C)(C)C)[C@@H](O)c1ccccc1. The molecule has 0 saturated carbocycles. The molecule has 3 aromatic carbocycles. The molecule has 3 atom stereocenters. The maximum atomic E-state index is 13.0. The summed E-state index contributed by atoms with van der Waals surface area (Å²) in [5.41, 5.74) is 0.757. The van der Waals surface area contributed by atoms with E-state index in [9.17, 15) is 9.90 Å². The lowest BCUT2D eigenvalue weighted by Crippen LogP contribution is -2.67. The van der Waals surface area contributed by atoms with Crippen LogP contribution in [0.5, 0.6) is 0 Å². The zero-order valence-electron chi connectivity index (χ0n) is 20.8. The topological polar surface area (TPSA) is 46.5 Å². The fourth-order valence-corrected chi connectivity index (χ4v) is 10.1. The van der Waals surface area contributed by atoms with Crippen molar-refractivity contribution in [2.75, 3.05) is 12.9 Å². The van der Waals surface area contributed by atoms with Crippen molar-refractivity contribution in [1.82, 2.24) is 0 Å². The number of rotatable bonds is 9. The number of benzene rings is 3. The summed E-state index contributed by atoms with van der Waals surface area (Å²) in [4.78, 5) is 13.0. The van der Waals surface area contributed by atoms with Crippen molar-refractivity contribution in [3.63, 3.8) is 0 Å². The van der Waals surface area contributed by atoms with Crippen LogP contribution >= 0.6 is 11.8 Å². The Morgan fingerprint density at radius 3 is 1.74 bits per heavy atom. The van der Waals surface area contributed by atoms with Gasteiger partial charge in [0.2, 0.25) is 0 Å². The summed E-state index contributed by atoms with van der Waals surface area (Å²) in [7, 11) is -2.72. The smallest absolute Gasteiger partial charge is 0.261 e. The molecule has 0 fully saturated rings. The average Bonchev–Trinajstić information content (AvgIpc) is 2.85. The highest BCUT2D eigenvalue weighted by molar-refractivity contribution is 8.13. The van der Waals surface area contributed by atoms with E-state index in [-0.39, 0.29) is 16.1 Å². The third-order valence-electron chi connectivity index (χ3n) is 6.55. The molecule has 0 unspecified atom stereocenters. The molecule has 0 heterocycles. The molecule has 5 heteroatoms. The van der Waals surface area contributed by atoms with Crippen LogP contribution in [-0.4, -0.2) is 31.4 Å². The second kappa shape index (κ2) is 11.5. The van der Waals surface area contributed by atoms with Gasteiger partial charge in [0.1, 0.15) is 0 Å². The predicted octanol–water partition coefficient (Wildman–Crippen LogP) is 5.44. The Bertz CT molecular complexity index is 996. The van der Waals surface area contributed by atoms with Gasteiger partial charge in [-0.3, -0.25) is 4.79 Å². The lowest BCUT2D eigenvalue weighted by atomic mass is 9.87. The van der Waals surface area contributed by atoms with Crippen molar-refractivity contribution in [3.05, 3.63) is 96.6 Å². The van der Waals surface area contributed by atoms with Crippen LogP contribution < -0.4 is 10.4 Å². The van der Waals surface area contributed by atoms with Crippen LogP contribution in [0.2, 0.25) is 5.04 Å². The van der Waals surface area contributed by atoms with Crippen molar-refractivity contribution in [1.29, 1.82) is 0 Å². The van der Waals surface area contributed by atoms with Crippen LogP contribution in [-0.2, 0) is 9.22 Å². The summed E-state index contributed by atoms with van der Waals surface area (Å²) in [6, 6.07) is 30.4. The molecule has 3 rings (SSSR count). The van der Waals surface area contributed by atoms with E-state index in [4.69, 9.17) is 4.43 Å². The molecule has 3 aromatic rings. The molecule has 0 aliphatic carbocycles. The summed E-state index contributed by atoms with van der Waals surface area (Å²) in [5, 5.41) is 13.4. The Balaban J connectivity index is 2.00. The second-order valence-electron chi connectivity index (χ2n) is 9.86. The van der Waals surface area contributed by atoms with Gasteiger partial charge in [0.15, 0.2) is 5.12 Å². The standard InChI is InChI=1S/C29H36O3SSi/c1-22(26(28(31)33-5)27(30)23-15-9-6-10-16-23)21-32-34(29(2,3)4,24-17-11-7-12-18-24)25-19-13-8-14-20-25/h6-20,22,26-27,30H,21H2,1-5H3/t22-,26-,27-/m0/s1. The van der Waals surface area contributed by atoms with Crippen molar-refractivity contribution in [2.45, 2.75) is 38.8 Å². The molecule has 0 saturated heterocycles. The Labute approximate surface area is 209 Å². The molecule has 0 radical (unpaired) electrons. The van der Waals surface area contributed by atoms with Crippen molar-refractivity contribution < 1.29 is 14.3 Å². The summed E-state index contributed by atoms with van der Waals surface area (Å²) in [6.45, 7) is 9.13. The van der Waals surface area contributed by atoms with E-state index in [0.29, 0.717) is 6.61 Å². The van der Waals surface area contributed by atoms with Crippen LogP contribution in [0.1, 0.15) is 39.4 Å². The average molecular weight is 493 g/mol. The Morgan fingerprint density at radius 1 is 0.882 bits per heavy atom. The first-order valence-corrected chi connectivity index (χ1v) is 14.9. The molecule has 1 N–H and O–H groups in total. The van der Waals surface area contributed by atoms with Gasteiger partial charge in [0.25, 0.3) is 8.32 Å². The summed E-state index contributed by atoms with van der Waals surface area (Å²) < 4.78 is 7.06. The van der Waals surface area contributed by atoms with Crippen LogP contribution in [0.4, 0.5) is 0 Å². The lowest BCUT2D eigenvalue weighted by molar-refractivity contribution is -0.120. The molecular weight excluding hydrogens is 456 g/mol. The normalized spacial score (nSPS) is 14.9. The largest absolute Gasteiger partial charge is 0.407 e. The van der Waals surface area contributed by atoms with Gasteiger partial charge in [-0.1, -0.05) is 130 Å². The number of carbonyl (C=O) groups excluding carboxylic acids is 1. The number of carbonyl (C=O) groups is 1. The van der Waals surface area contributed by atoms with E-state index in [0.717, 1.165) is 5.56 Å². The first kappa shape index (κ1) is 26.4. The zero-order valence-corrected chi connectivity index (χ0v) is 22.6. The summed E-state index contributed by atoms with van der Waals surface area (Å²) in [5.74, 6) is -0.729. The summed E-state index contributed by atoms with van der Waals surface area (Å²) in [6.07, 6.45) is 0.905. The van der Waals surface area contributed by atoms with Gasteiger partial charge in [-0.2, -0.15) is 0 Å². The third kappa shape index (κ3) is 5.55. The van der Waals surface area contributed by atoms with E-state index in [1.54, 1.807) is 6.26 Å². The minimum absolute atomic E-state index is 0.0186. The molecule has 0 spiro atoms. The Morgan fingerprint density at radius 2 is 1.32 bits per heavy atom. The monoisotopic (exact) mass is 492 g/mol. The highest BCUT2D eigenvalue weighted by Gasteiger charge is 2.50. The molecule has 0 aromatic heterocycles. The van der Waals surface area contributed by atoms with Gasteiger partial charge in [-0.15, -0.1) is 0 Å². The van der Waals surface area contributed by atoms with Crippen molar-refractivity contribution in [2.24, 2.45) is 11.8 Å². The van der Waals surface area contributed by atoms with Crippen LogP contribution in [0, 0.1) is 11.8 Å². The number of hydrogen-bond acceptors (Lipinski definition) is 4. The molecule has 3 nitrogen and oxygen atoms in total. The van der Waals surface area contributed by atoms with Gasteiger partial charge in [0.05, 0.1) is 12.0 Å². The fraction of sp³-hybridized carbons (Fsp3) is 0.345. The number of aliphatic hydroxyl groups is 1. The van der Waals surface area contributed by atoms with E-state index >= 15 is 0 Å². The van der Waals surface area contributed by atoms with E-state index in [1.807, 2.05) is 49.4 Å². The molecule has 0 aliphatic heterocycles. The first-order valence-electron chi connectivity index (χ1n) is 11.8. The maximum absolute atomic E-state index is 13.0. The third-order valence-corrected chi connectivity index (χ3v) is 12.2. The zero-order chi connectivity index (χ0) is 24.8. The molecule has 34 heavy (non-hydrogen) atoms. The van der Waals surface area contributed by atoms with Gasteiger partial charge in [0, 0.05) is 6.61 Å². The van der Waals surface area contributed by atoms with Crippen LogP contribution in [0.25, 0.3) is 0 Å². The van der Waals surface area contributed by atoms with E-state index in [2.05, 4.69) is 69.3 Å². The Hall–Kier alpha value is -2.18. The summed E-state index contributed by atoms with van der Waals surface area (Å²) >= 11 is 1.17. The lowest BCUT2D eigenvalue weighted by Gasteiger charge is -2.44. The molecule has 0 amide bonds. The Kier molecular flexibility index (Phi) is 8.93. The highest BCUT2D eigenvalue weighted by atomic mass is 32.2. The van der Waals surface area contributed by atoms with E-state index < -0.39 is 20.3 Å². The highest BCUT2D eigenvalue weighted by Crippen LogP contribution is 2.38. The van der Waals surface area contributed by atoms with Crippen molar-refractivity contribution >= 4 is 35.6 Å². The second-order valence-corrected chi connectivity index (χ2v) is 15.0. The van der Waals surface area contributed by atoms with Gasteiger partial charge < -0.3 is 9.53 Å². The number of thioether (sulfide) groups is 1. The van der Waals surface area contributed by atoms with Crippen LogP contribution in [0.3, 0.4) is 0 Å². The predicted molar refractivity (Wildman–Crippen MR) is 146 cm³/mol. The van der Waals surface area contributed by atoms with Gasteiger partial charge >= 0.3 is 0 Å². The minimum Gasteiger partial charge on any atom is -0.407 e. The van der Waals surface area contributed by atoms with Gasteiger partial charge in [-0.25, -0.2) is 0 Å². The van der Waals surface area contributed by atoms with Gasteiger partial charge in [-0.05, 0) is 33.1 Å². The maximum Gasteiger partial charge on any atom is 0.261 e.